The van der Waals surface area contributed by atoms with Gasteiger partial charge >= 0.3 is 0 Å². The number of hydrogen-bond donors (Lipinski definition) is 2. The average Bonchev–Trinajstić information content (AvgIpc) is 2.41. The molecule has 1 unspecified atom stereocenters. The molecule has 0 aliphatic carbocycles. The van der Waals surface area contributed by atoms with Crippen molar-refractivity contribution in [3.05, 3.63) is 29.6 Å². The monoisotopic (exact) mass is 282 g/mol. The van der Waals surface area contributed by atoms with Crippen LogP contribution in [-0.4, -0.2) is 48.8 Å². The molecule has 0 amide bonds. The summed E-state index contributed by atoms with van der Waals surface area (Å²) in [5, 5.41) is 13.6. The number of benzene rings is 1. The van der Waals surface area contributed by atoms with Gasteiger partial charge in [-0.3, -0.25) is 4.90 Å². The zero-order valence-electron chi connectivity index (χ0n) is 12.1. The number of aliphatic hydroxyl groups excluding tert-OH is 1. The van der Waals surface area contributed by atoms with Crippen LogP contribution in [0, 0.1) is 5.82 Å². The van der Waals surface area contributed by atoms with Crippen LogP contribution in [0.25, 0.3) is 0 Å². The van der Waals surface area contributed by atoms with Gasteiger partial charge in [-0.25, -0.2) is 4.39 Å². The van der Waals surface area contributed by atoms with Crippen LogP contribution >= 0.6 is 0 Å². The molecule has 5 heteroatoms. The van der Waals surface area contributed by atoms with Crippen LogP contribution in [0.4, 0.5) is 4.39 Å². The highest BCUT2D eigenvalue weighted by molar-refractivity contribution is 5.36. The highest BCUT2D eigenvalue weighted by Crippen LogP contribution is 2.28. The van der Waals surface area contributed by atoms with Gasteiger partial charge in [0.2, 0.25) is 0 Å². The lowest BCUT2D eigenvalue weighted by molar-refractivity contribution is 0.101. The Kier molecular flexibility index (Phi) is 5.34. The van der Waals surface area contributed by atoms with Gasteiger partial charge in [0.15, 0.2) is 0 Å². The van der Waals surface area contributed by atoms with Crippen molar-refractivity contribution >= 4 is 0 Å². The first kappa shape index (κ1) is 15.2. The molecule has 0 radical (unpaired) electrons. The topological polar surface area (TPSA) is 44.7 Å². The molecule has 1 atom stereocenters. The van der Waals surface area contributed by atoms with E-state index >= 15 is 0 Å². The van der Waals surface area contributed by atoms with Gasteiger partial charge in [-0.05, 0) is 32.0 Å². The second kappa shape index (κ2) is 7.02. The molecule has 1 fully saturated rings. The molecule has 0 spiro atoms. The lowest BCUT2D eigenvalue weighted by atomic mass is 10.1. The summed E-state index contributed by atoms with van der Waals surface area (Å²) in [6.07, 6.45) is -0.747. The van der Waals surface area contributed by atoms with Gasteiger partial charge in [0, 0.05) is 38.3 Å². The minimum atomic E-state index is -0.738. The van der Waals surface area contributed by atoms with E-state index in [2.05, 4.69) is 10.2 Å². The van der Waals surface area contributed by atoms with Crippen LogP contribution in [0.3, 0.4) is 0 Å². The van der Waals surface area contributed by atoms with Crippen LogP contribution in [0.1, 0.15) is 25.5 Å². The van der Waals surface area contributed by atoms with E-state index < -0.39 is 6.10 Å². The molecule has 2 N–H and O–H groups in total. The maximum Gasteiger partial charge on any atom is 0.125 e. The molecule has 1 aromatic rings. The fourth-order valence-electron chi connectivity index (χ4n) is 2.38. The maximum atomic E-state index is 13.4. The molecule has 1 aromatic carbocycles. The molecule has 1 aliphatic heterocycles. The predicted molar refractivity (Wildman–Crippen MR) is 76.4 cm³/mol. The zero-order chi connectivity index (χ0) is 14.5. The minimum Gasteiger partial charge on any atom is -0.491 e. The predicted octanol–water partition coefficient (Wildman–Crippen LogP) is 1.55. The van der Waals surface area contributed by atoms with Gasteiger partial charge in [-0.15, -0.1) is 0 Å². The third-order valence-corrected chi connectivity index (χ3v) is 3.33. The number of rotatable bonds is 5. The first-order valence-corrected chi connectivity index (χ1v) is 7.13. The minimum absolute atomic E-state index is 0.00871. The standard InChI is InChI=1S/C15H23FN2O2/c1-11(2)20-15-4-3-12(16)9-13(15)14(19)10-18-7-5-17-6-8-18/h3-4,9,11,14,17,19H,5-8,10H2,1-2H3. The molecule has 112 valence electrons. The quantitative estimate of drug-likeness (QED) is 0.860. The molecule has 1 heterocycles. The van der Waals surface area contributed by atoms with E-state index in [1.54, 1.807) is 6.07 Å². The van der Waals surface area contributed by atoms with Gasteiger partial charge in [-0.2, -0.15) is 0 Å². The Morgan fingerprint density at radius 2 is 2.05 bits per heavy atom. The van der Waals surface area contributed by atoms with Crippen LogP contribution < -0.4 is 10.1 Å². The second-order valence-electron chi connectivity index (χ2n) is 5.42. The van der Waals surface area contributed by atoms with Crippen molar-refractivity contribution in [1.82, 2.24) is 10.2 Å². The number of ether oxygens (including phenoxy) is 1. The van der Waals surface area contributed by atoms with E-state index in [1.165, 1.54) is 12.1 Å². The van der Waals surface area contributed by atoms with Gasteiger partial charge in [0.05, 0.1) is 12.2 Å². The van der Waals surface area contributed by atoms with Crippen molar-refractivity contribution in [3.63, 3.8) is 0 Å². The molecular formula is C15H23FN2O2. The number of halogens is 1. The van der Waals surface area contributed by atoms with Gasteiger partial charge < -0.3 is 15.2 Å². The number of hydrogen-bond acceptors (Lipinski definition) is 4. The molecule has 1 saturated heterocycles. The number of nitrogens with one attached hydrogen (secondary N) is 1. The summed E-state index contributed by atoms with van der Waals surface area (Å²) in [6.45, 7) is 7.96. The highest BCUT2D eigenvalue weighted by Gasteiger charge is 2.20. The lowest BCUT2D eigenvalue weighted by Crippen LogP contribution is -2.45. The summed E-state index contributed by atoms with van der Waals surface area (Å²) >= 11 is 0. The van der Waals surface area contributed by atoms with E-state index in [1.807, 2.05) is 13.8 Å². The zero-order valence-corrected chi connectivity index (χ0v) is 12.1. The fraction of sp³-hybridized carbons (Fsp3) is 0.600. The maximum absolute atomic E-state index is 13.4. The number of aliphatic hydroxyl groups is 1. The first-order chi connectivity index (χ1) is 9.56. The lowest BCUT2D eigenvalue weighted by Gasteiger charge is -2.29. The van der Waals surface area contributed by atoms with Crippen molar-refractivity contribution in [2.45, 2.75) is 26.1 Å². The Balaban J connectivity index is 2.10. The smallest absolute Gasteiger partial charge is 0.125 e. The van der Waals surface area contributed by atoms with E-state index in [-0.39, 0.29) is 11.9 Å². The Morgan fingerprint density at radius 3 is 2.70 bits per heavy atom. The van der Waals surface area contributed by atoms with Crippen molar-refractivity contribution in [2.24, 2.45) is 0 Å². The summed E-state index contributed by atoms with van der Waals surface area (Å²) < 4.78 is 19.1. The van der Waals surface area contributed by atoms with Crippen molar-refractivity contribution in [2.75, 3.05) is 32.7 Å². The fourth-order valence-corrected chi connectivity index (χ4v) is 2.38. The number of β-amino-alcohol motifs (C(OH)–C–C–N with tert-alkyl or cyclic N) is 1. The number of nitrogens with zero attached hydrogens (tertiary/aromatic N) is 1. The SMILES string of the molecule is CC(C)Oc1ccc(F)cc1C(O)CN1CCNCC1. The van der Waals surface area contributed by atoms with E-state index in [9.17, 15) is 9.50 Å². The summed E-state index contributed by atoms with van der Waals surface area (Å²) in [5.41, 5.74) is 0.525. The Hall–Kier alpha value is -1.17. The first-order valence-electron chi connectivity index (χ1n) is 7.13. The highest BCUT2D eigenvalue weighted by atomic mass is 19.1. The molecule has 0 aromatic heterocycles. The van der Waals surface area contributed by atoms with Crippen LogP contribution in [0.15, 0.2) is 18.2 Å². The molecule has 0 saturated carbocycles. The second-order valence-corrected chi connectivity index (χ2v) is 5.42. The van der Waals surface area contributed by atoms with E-state index in [4.69, 9.17) is 4.74 Å². The molecular weight excluding hydrogens is 259 g/mol. The van der Waals surface area contributed by atoms with Crippen LogP contribution in [0.2, 0.25) is 0 Å². The largest absolute Gasteiger partial charge is 0.491 e. The van der Waals surface area contributed by atoms with Gasteiger partial charge in [0.25, 0.3) is 0 Å². The normalized spacial score (nSPS) is 18.2. The van der Waals surface area contributed by atoms with Crippen molar-refractivity contribution in [1.29, 1.82) is 0 Å². The Labute approximate surface area is 119 Å². The Morgan fingerprint density at radius 1 is 1.35 bits per heavy atom. The molecule has 20 heavy (non-hydrogen) atoms. The average molecular weight is 282 g/mol. The molecule has 0 bridgehead atoms. The third kappa shape index (κ3) is 4.16. The Bertz CT molecular complexity index is 434. The van der Waals surface area contributed by atoms with Crippen molar-refractivity contribution < 1.29 is 14.2 Å². The summed E-state index contributed by atoms with van der Waals surface area (Å²) in [7, 11) is 0. The van der Waals surface area contributed by atoms with Crippen molar-refractivity contribution in [3.8, 4) is 5.75 Å². The molecule has 4 nitrogen and oxygen atoms in total. The third-order valence-electron chi connectivity index (χ3n) is 3.33. The van der Waals surface area contributed by atoms with Crippen LogP contribution in [0.5, 0.6) is 5.75 Å². The summed E-state index contributed by atoms with van der Waals surface area (Å²) in [6, 6.07) is 4.31. The summed E-state index contributed by atoms with van der Waals surface area (Å²) in [5.74, 6) is 0.208. The van der Waals surface area contributed by atoms with Gasteiger partial charge in [-0.1, -0.05) is 0 Å². The summed E-state index contributed by atoms with van der Waals surface area (Å²) in [4.78, 5) is 2.17. The van der Waals surface area contributed by atoms with E-state index in [0.717, 1.165) is 26.2 Å². The van der Waals surface area contributed by atoms with Gasteiger partial charge in [0.1, 0.15) is 11.6 Å². The number of piperazine rings is 1. The molecule has 1 aliphatic rings. The van der Waals surface area contributed by atoms with E-state index in [0.29, 0.717) is 17.9 Å². The van der Waals surface area contributed by atoms with Crippen LogP contribution in [-0.2, 0) is 0 Å². The molecule has 2 rings (SSSR count).